The Morgan fingerprint density at radius 3 is 2.54 bits per heavy atom. The topological polar surface area (TPSA) is 18.5 Å². The Balaban J connectivity index is 2.47. The number of rotatable bonds is 4. The molecule has 1 fully saturated rings. The predicted octanol–water partition coefficient (Wildman–Crippen LogP) is 2.79. The van der Waals surface area contributed by atoms with Crippen LogP contribution >= 0.6 is 22.6 Å². The van der Waals surface area contributed by atoms with Gasteiger partial charge in [-0.1, -0.05) is 29.5 Å². The summed E-state index contributed by atoms with van der Waals surface area (Å²) in [5.41, 5.74) is 0.105. The molecule has 0 aromatic carbocycles. The van der Waals surface area contributed by atoms with Crippen LogP contribution in [0.5, 0.6) is 0 Å². The van der Waals surface area contributed by atoms with Crippen molar-refractivity contribution in [2.45, 2.75) is 44.8 Å². The first-order valence-corrected chi connectivity index (χ1v) is 6.56. The standard InChI is InChI=1S/C10H19IO2/c1-3-9(2)13-10(8-11)4-6-12-7-5-10/h9H,3-8H2,1-2H3. The molecule has 78 valence electrons. The average Bonchev–Trinajstić information content (AvgIpc) is 2.19. The van der Waals surface area contributed by atoms with E-state index in [2.05, 4.69) is 36.4 Å². The zero-order valence-corrected chi connectivity index (χ0v) is 10.7. The molecule has 0 radical (unpaired) electrons. The fourth-order valence-electron chi connectivity index (χ4n) is 1.54. The van der Waals surface area contributed by atoms with Crippen LogP contribution in [0, 0.1) is 0 Å². The van der Waals surface area contributed by atoms with Crippen LogP contribution < -0.4 is 0 Å². The highest BCUT2D eigenvalue weighted by Crippen LogP contribution is 2.29. The maximum atomic E-state index is 6.09. The summed E-state index contributed by atoms with van der Waals surface area (Å²) >= 11 is 2.43. The largest absolute Gasteiger partial charge is 0.381 e. The van der Waals surface area contributed by atoms with Crippen LogP contribution in [0.2, 0.25) is 0 Å². The molecule has 1 rings (SSSR count). The fourth-order valence-corrected chi connectivity index (χ4v) is 2.48. The Morgan fingerprint density at radius 2 is 2.08 bits per heavy atom. The molecule has 0 bridgehead atoms. The lowest BCUT2D eigenvalue weighted by atomic mass is 9.96. The zero-order chi connectivity index (χ0) is 9.73. The third-order valence-electron chi connectivity index (χ3n) is 2.67. The molecule has 1 aliphatic rings. The number of hydrogen-bond donors (Lipinski definition) is 0. The Morgan fingerprint density at radius 1 is 1.46 bits per heavy atom. The van der Waals surface area contributed by atoms with Gasteiger partial charge in [-0.25, -0.2) is 0 Å². The summed E-state index contributed by atoms with van der Waals surface area (Å²) in [5.74, 6) is 0. The second-order valence-corrected chi connectivity index (χ2v) is 4.53. The molecular formula is C10H19IO2. The lowest BCUT2D eigenvalue weighted by Crippen LogP contribution is -2.42. The summed E-state index contributed by atoms with van der Waals surface area (Å²) in [5, 5.41) is 0. The van der Waals surface area contributed by atoms with E-state index in [0.29, 0.717) is 6.10 Å². The summed E-state index contributed by atoms with van der Waals surface area (Å²) in [6.45, 7) is 6.05. The van der Waals surface area contributed by atoms with Crippen LogP contribution in [0.3, 0.4) is 0 Å². The van der Waals surface area contributed by atoms with E-state index in [1.54, 1.807) is 0 Å². The van der Waals surface area contributed by atoms with Gasteiger partial charge in [-0.15, -0.1) is 0 Å². The molecule has 0 aromatic heterocycles. The SMILES string of the molecule is CCC(C)OC1(CI)CCOCC1. The van der Waals surface area contributed by atoms with E-state index in [9.17, 15) is 0 Å². The lowest BCUT2D eigenvalue weighted by Gasteiger charge is -2.37. The lowest BCUT2D eigenvalue weighted by molar-refractivity contribution is -0.123. The number of hydrogen-bond acceptors (Lipinski definition) is 2. The summed E-state index contributed by atoms with van der Waals surface area (Å²) in [6.07, 6.45) is 3.59. The third-order valence-corrected chi connectivity index (χ3v) is 4.06. The van der Waals surface area contributed by atoms with Gasteiger partial charge in [-0.05, 0) is 13.3 Å². The Hall–Kier alpha value is 0.650. The minimum absolute atomic E-state index is 0.105. The second kappa shape index (κ2) is 5.51. The molecule has 1 saturated heterocycles. The molecule has 1 heterocycles. The van der Waals surface area contributed by atoms with Gasteiger partial charge in [-0.3, -0.25) is 0 Å². The smallest absolute Gasteiger partial charge is 0.0818 e. The number of halogens is 1. The van der Waals surface area contributed by atoms with Crippen molar-refractivity contribution in [3.8, 4) is 0 Å². The van der Waals surface area contributed by atoms with Gasteiger partial charge in [0.2, 0.25) is 0 Å². The van der Waals surface area contributed by atoms with E-state index < -0.39 is 0 Å². The molecule has 1 atom stereocenters. The average molecular weight is 298 g/mol. The van der Waals surface area contributed by atoms with Gasteiger partial charge in [0, 0.05) is 30.5 Å². The highest BCUT2D eigenvalue weighted by atomic mass is 127. The van der Waals surface area contributed by atoms with Crippen molar-refractivity contribution in [2.75, 3.05) is 17.6 Å². The van der Waals surface area contributed by atoms with Crippen molar-refractivity contribution in [3.63, 3.8) is 0 Å². The van der Waals surface area contributed by atoms with E-state index in [-0.39, 0.29) is 5.60 Å². The van der Waals surface area contributed by atoms with E-state index in [1.165, 1.54) is 0 Å². The van der Waals surface area contributed by atoms with Gasteiger partial charge >= 0.3 is 0 Å². The van der Waals surface area contributed by atoms with Crippen molar-refractivity contribution < 1.29 is 9.47 Å². The molecule has 0 aliphatic carbocycles. The van der Waals surface area contributed by atoms with Crippen molar-refractivity contribution in [1.29, 1.82) is 0 Å². The van der Waals surface area contributed by atoms with Crippen molar-refractivity contribution in [2.24, 2.45) is 0 Å². The normalized spacial score (nSPS) is 24.2. The Bertz CT molecular complexity index is 144. The van der Waals surface area contributed by atoms with Crippen molar-refractivity contribution in [1.82, 2.24) is 0 Å². The van der Waals surface area contributed by atoms with Gasteiger partial charge in [0.1, 0.15) is 0 Å². The molecular weight excluding hydrogens is 279 g/mol. The Labute approximate surface area is 94.5 Å². The molecule has 1 aliphatic heterocycles. The summed E-state index contributed by atoms with van der Waals surface area (Å²) in [6, 6.07) is 0. The van der Waals surface area contributed by atoms with Crippen molar-refractivity contribution in [3.05, 3.63) is 0 Å². The number of alkyl halides is 1. The molecule has 1 unspecified atom stereocenters. The van der Waals surface area contributed by atoms with E-state index in [4.69, 9.17) is 9.47 Å². The molecule has 0 spiro atoms. The molecule has 0 saturated carbocycles. The zero-order valence-electron chi connectivity index (χ0n) is 8.51. The first-order chi connectivity index (χ1) is 6.22. The van der Waals surface area contributed by atoms with Gasteiger partial charge in [0.05, 0.1) is 11.7 Å². The van der Waals surface area contributed by atoms with Crippen LogP contribution in [-0.2, 0) is 9.47 Å². The summed E-state index contributed by atoms with van der Waals surface area (Å²) < 4.78 is 12.5. The van der Waals surface area contributed by atoms with Gasteiger partial charge < -0.3 is 9.47 Å². The van der Waals surface area contributed by atoms with Crippen LogP contribution in [-0.4, -0.2) is 29.3 Å². The fraction of sp³-hybridized carbons (Fsp3) is 1.00. The first-order valence-electron chi connectivity index (χ1n) is 5.04. The Kier molecular flexibility index (Phi) is 4.97. The molecule has 3 heteroatoms. The molecule has 0 amide bonds. The maximum absolute atomic E-state index is 6.09. The third kappa shape index (κ3) is 3.36. The van der Waals surface area contributed by atoms with Crippen LogP contribution in [0.15, 0.2) is 0 Å². The molecule has 0 aromatic rings. The maximum Gasteiger partial charge on any atom is 0.0818 e. The van der Waals surface area contributed by atoms with Crippen LogP contribution in [0.1, 0.15) is 33.1 Å². The molecule has 2 nitrogen and oxygen atoms in total. The predicted molar refractivity (Wildman–Crippen MR) is 62.5 cm³/mol. The first kappa shape index (κ1) is 11.7. The van der Waals surface area contributed by atoms with Gasteiger partial charge in [0.15, 0.2) is 0 Å². The van der Waals surface area contributed by atoms with E-state index in [1.807, 2.05) is 0 Å². The van der Waals surface area contributed by atoms with Gasteiger partial charge in [-0.2, -0.15) is 0 Å². The van der Waals surface area contributed by atoms with Gasteiger partial charge in [0.25, 0.3) is 0 Å². The van der Waals surface area contributed by atoms with Crippen LogP contribution in [0.25, 0.3) is 0 Å². The summed E-state index contributed by atoms with van der Waals surface area (Å²) in [4.78, 5) is 0. The molecule has 13 heavy (non-hydrogen) atoms. The highest BCUT2D eigenvalue weighted by Gasteiger charge is 2.33. The van der Waals surface area contributed by atoms with Crippen LogP contribution in [0.4, 0.5) is 0 Å². The highest BCUT2D eigenvalue weighted by molar-refractivity contribution is 14.1. The van der Waals surface area contributed by atoms with E-state index >= 15 is 0 Å². The van der Waals surface area contributed by atoms with Crippen molar-refractivity contribution >= 4 is 22.6 Å². The second-order valence-electron chi connectivity index (χ2n) is 3.77. The minimum atomic E-state index is 0.105. The summed E-state index contributed by atoms with van der Waals surface area (Å²) in [7, 11) is 0. The molecule has 0 N–H and O–H groups in total. The number of ether oxygens (including phenoxy) is 2. The monoisotopic (exact) mass is 298 g/mol. The quantitative estimate of drug-likeness (QED) is 0.587. The van der Waals surface area contributed by atoms with E-state index in [0.717, 1.165) is 36.9 Å². The minimum Gasteiger partial charge on any atom is -0.381 e.